The second-order valence-electron chi connectivity index (χ2n) is 6.73. The van der Waals surface area contributed by atoms with Gasteiger partial charge in [-0.2, -0.15) is 0 Å². The number of benzene rings is 2. The zero-order valence-corrected chi connectivity index (χ0v) is 17.2. The molecule has 0 atom stereocenters. The number of anilines is 1. The molecule has 0 fully saturated rings. The smallest absolute Gasteiger partial charge is 0.255 e. The lowest BCUT2D eigenvalue weighted by Crippen LogP contribution is -2.41. The van der Waals surface area contributed by atoms with Crippen molar-refractivity contribution in [3.63, 3.8) is 0 Å². The van der Waals surface area contributed by atoms with Gasteiger partial charge in [-0.1, -0.05) is 24.3 Å². The summed E-state index contributed by atoms with van der Waals surface area (Å²) < 4.78 is 5.43. The highest BCUT2D eigenvalue weighted by atomic mass is 16.5. The predicted octanol–water partition coefficient (Wildman–Crippen LogP) is 2.53. The van der Waals surface area contributed by atoms with Crippen molar-refractivity contribution in [2.75, 3.05) is 32.1 Å². The van der Waals surface area contributed by atoms with Gasteiger partial charge in [0.1, 0.15) is 5.75 Å². The summed E-state index contributed by atoms with van der Waals surface area (Å²) in [4.78, 5) is 38.2. The van der Waals surface area contributed by atoms with Crippen molar-refractivity contribution < 1.29 is 19.1 Å². The van der Waals surface area contributed by atoms with Gasteiger partial charge in [0, 0.05) is 12.7 Å². The Morgan fingerprint density at radius 2 is 1.79 bits per heavy atom. The van der Waals surface area contributed by atoms with Gasteiger partial charge < -0.3 is 20.3 Å². The molecule has 0 heterocycles. The number of aryl methyl sites for hydroxylation is 2. The molecule has 0 radical (unpaired) electrons. The van der Waals surface area contributed by atoms with E-state index in [1.807, 2.05) is 39.0 Å². The van der Waals surface area contributed by atoms with E-state index in [4.69, 9.17) is 4.74 Å². The lowest BCUT2D eigenvalue weighted by Gasteiger charge is -2.18. The molecule has 0 spiro atoms. The van der Waals surface area contributed by atoms with Crippen LogP contribution in [0.3, 0.4) is 0 Å². The summed E-state index contributed by atoms with van der Waals surface area (Å²) in [6.07, 6.45) is 0. The van der Waals surface area contributed by atoms with Crippen LogP contribution in [-0.2, 0) is 9.59 Å². The molecule has 0 aliphatic heterocycles. The van der Waals surface area contributed by atoms with Crippen LogP contribution in [0.5, 0.6) is 5.75 Å². The Bertz CT molecular complexity index is 895. The maximum atomic E-state index is 12.4. The molecule has 0 bridgehead atoms. The molecule has 7 heteroatoms. The number of hydrogen-bond acceptors (Lipinski definition) is 4. The van der Waals surface area contributed by atoms with Gasteiger partial charge in [-0.15, -0.1) is 0 Å². The summed E-state index contributed by atoms with van der Waals surface area (Å²) in [6.45, 7) is 5.78. The molecule has 0 saturated carbocycles. The van der Waals surface area contributed by atoms with E-state index in [1.165, 1.54) is 11.9 Å². The summed E-state index contributed by atoms with van der Waals surface area (Å²) in [5, 5.41) is 5.39. The first kappa shape index (κ1) is 21.9. The van der Waals surface area contributed by atoms with Crippen LogP contribution in [0, 0.1) is 13.8 Å². The maximum absolute atomic E-state index is 12.4. The molecule has 2 aromatic carbocycles. The van der Waals surface area contributed by atoms with Gasteiger partial charge in [-0.3, -0.25) is 14.4 Å². The van der Waals surface area contributed by atoms with Gasteiger partial charge in [0.25, 0.3) is 5.91 Å². The van der Waals surface area contributed by atoms with Crippen molar-refractivity contribution in [2.45, 2.75) is 20.8 Å². The number of carbonyl (C=O) groups is 3. The van der Waals surface area contributed by atoms with E-state index in [0.717, 1.165) is 16.8 Å². The Morgan fingerprint density at radius 3 is 2.52 bits per heavy atom. The van der Waals surface area contributed by atoms with Crippen molar-refractivity contribution in [3.8, 4) is 5.75 Å². The molecular formula is C22H27N3O4. The average molecular weight is 397 g/mol. The van der Waals surface area contributed by atoms with E-state index in [0.29, 0.717) is 17.9 Å². The number of hydrogen-bond donors (Lipinski definition) is 2. The number of nitrogens with one attached hydrogen (secondary N) is 2. The van der Waals surface area contributed by atoms with Gasteiger partial charge >= 0.3 is 0 Å². The highest BCUT2D eigenvalue weighted by Gasteiger charge is 2.17. The van der Waals surface area contributed by atoms with Crippen LogP contribution >= 0.6 is 0 Å². The highest BCUT2D eigenvalue weighted by Crippen LogP contribution is 2.18. The topological polar surface area (TPSA) is 87.7 Å². The summed E-state index contributed by atoms with van der Waals surface area (Å²) in [6, 6.07) is 12.6. The van der Waals surface area contributed by atoms with E-state index >= 15 is 0 Å². The van der Waals surface area contributed by atoms with Crippen LogP contribution < -0.4 is 15.4 Å². The molecule has 0 aliphatic rings. The van der Waals surface area contributed by atoms with E-state index in [-0.39, 0.29) is 24.9 Å². The summed E-state index contributed by atoms with van der Waals surface area (Å²) in [5.74, 6) is -0.622. The molecule has 2 aromatic rings. The van der Waals surface area contributed by atoms with Crippen molar-refractivity contribution >= 4 is 23.4 Å². The molecule has 154 valence electrons. The minimum Gasteiger partial charge on any atom is -0.493 e. The van der Waals surface area contributed by atoms with Crippen molar-refractivity contribution in [2.24, 2.45) is 0 Å². The second kappa shape index (κ2) is 10.3. The normalized spacial score (nSPS) is 10.2. The SMILES string of the molecule is CCOc1ccccc1C(=O)NCC(=O)N(C)CC(=O)Nc1cc(C)ccc1C. The third kappa shape index (κ3) is 6.34. The van der Waals surface area contributed by atoms with Crippen LogP contribution in [0.25, 0.3) is 0 Å². The molecule has 7 nitrogen and oxygen atoms in total. The Morgan fingerprint density at radius 1 is 1.07 bits per heavy atom. The number of amides is 3. The Kier molecular flexibility index (Phi) is 7.77. The molecule has 0 aromatic heterocycles. The van der Waals surface area contributed by atoms with Crippen molar-refractivity contribution in [3.05, 3.63) is 59.2 Å². The van der Waals surface area contributed by atoms with Crippen LogP contribution in [0.1, 0.15) is 28.4 Å². The number of nitrogens with zero attached hydrogens (tertiary/aromatic N) is 1. The van der Waals surface area contributed by atoms with Crippen molar-refractivity contribution in [1.29, 1.82) is 0 Å². The van der Waals surface area contributed by atoms with E-state index < -0.39 is 5.91 Å². The van der Waals surface area contributed by atoms with Crippen LogP contribution in [-0.4, -0.2) is 49.4 Å². The van der Waals surface area contributed by atoms with Crippen LogP contribution in [0.2, 0.25) is 0 Å². The molecule has 0 aliphatic carbocycles. The lowest BCUT2D eigenvalue weighted by atomic mass is 10.1. The lowest BCUT2D eigenvalue weighted by molar-refractivity contribution is -0.132. The first-order chi connectivity index (χ1) is 13.8. The van der Waals surface area contributed by atoms with E-state index in [9.17, 15) is 14.4 Å². The van der Waals surface area contributed by atoms with Crippen LogP contribution in [0.15, 0.2) is 42.5 Å². The molecule has 0 unspecified atom stereocenters. The summed E-state index contributed by atoms with van der Waals surface area (Å²) in [7, 11) is 1.52. The van der Waals surface area contributed by atoms with Gasteiger partial charge in [0.05, 0.1) is 25.3 Å². The predicted molar refractivity (Wildman–Crippen MR) is 112 cm³/mol. The van der Waals surface area contributed by atoms with Crippen LogP contribution in [0.4, 0.5) is 5.69 Å². The fourth-order valence-electron chi connectivity index (χ4n) is 2.69. The molecule has 3 amide bonds. The zero-order chi connectivity index (χ0) is 21.4. The first-order valence-corrected chi connectivity index (χ1v) is 9.43. The average Bonchev–Trinajstić information content (AvgIpc) is 2.69. The second-order valence-corrected chi connectivity index (χ2v) is 6.73. The third-order valence-corrected chi connectivity index (χ3v) is 4.31. The largest absolute Gasteiger partial charge is 0.493 e. The monoisotopic (exact) mass is 397 g/mol. The fraction of sp³-hybridized carbons (Fsp3) is 0.318. The Labute approximate surface area is 171 Å². The highest BCUT2D eigenvalue weighted by molar-refractivity contribution is 5.99. The Balaban J connectivity index is 1.88. The molecule has 2 N–H and O–H groups in total. The van der Waals surface area contributed by atoms with E-state index in [2.05, 4.69) is 10.6 Å². The number of ether oxygens (including phenoxy) is 1. The molecular weight excluding hydrogens is 370 g/mol. The first-order valence-electron chi connectivity index (χ1n) is 9.43. The van der Waals surface area contributed by atoms with Gasteiger partial charge in [-0.05, 0) is 50.1 Å². The number of likely N-dealkylation sites (N-methyl/N-ethyl adjacent to an activating group) is 1. The fourth-order valence-corrected chi connectivity index (χ4v) is 2.69. The molecule has 0 saturated heterocycles. The number of carbonyl (C=O) groups excluding carboxylic acids is 3. The summed E-state index contributed by atoms with van der Waals surface area (Å²) >= 11 is 0. The van der Waals surface area contributed by atoms with Gasteiger partial charge in [-0.25, -0.2) is 0 Å². The summed E-state index contributed by atoms with van der Waals surface area (Å²) in [5.41, 5.74) is 3.05. The third-order valence-electron chi connectivity index (χ3n) is 4.31. The van der Waals surface area contributed by atoms with Crippen molar-refractivity contribution in [1.82, 2.24) is 10.2 Å². The molecule has 2 rings (SSSR count). The van der Waals surface area contributed by atoms with Gasteiger partial charge in [0.15, 0.2) is 0 Å². The van der Waals surface area contributed by atoms with E-state index in [1.54, 1.807) is 24.3 Å². The standard InChI is InChI=1S/C22H27N3O4/c1-5-29-19-9-7-6-8-17(19)22(28)23-13-21(27)25(4)14-20(26)24-18-12-15(2)10-11-16(18)3/h6-12H,5,13-14H2,1-4H3,(H,23,28)(H,24,26). The maximum Gasteiger partial charge on any atom is 0.255 e. The number of rotatable bonds is 8. The minimum absolute atomic E-state index is 0.113. The Hall–Kier alpha value is -3.35. The minimum atomic E-state index is -0.407. The quantitative estimate of drug-likeness (QED) is 0.717. The van der Waals surface area contributed by atoms with Gasteiger partial charge in [0.2, 0.25) is 11.8 Å². The zero-order valence-electron chi connectivity index (χ0n) is 17.2. The molecule has 29 heavy (non-hydrogen) atoms. The number of para-hydroxylation sites is 1.